The third-order valence-corrected chi connectivity index (χ3v) is 4.25. The van der Waals surface area contributed by atoms with Crippen LogP contribution >= 0.6 is 0 Å². The van der Waals surface area contributed by atoms with Gasteiger partial charge in [0.05, 0.1) is 6.61 Å². The van der Waals surface area contributed by atoms with E-state index in [1.165, 1.54) is 36.1 Å². The average Bonchev–Trinajstić information content (AvgIpc) is 2.51. The molecule has 128 valence electrons. The van der Waals surface area contributed by atoms with Crippen LogP contribution in [0.2, 0.25) is 0 Å². The van der Waals surface area contributed by atoms with Gasteiger partial charge in [-0.25, -0.2) is 0 Å². The van der Waals surface area contributed by atoms with E-state index in [-0.39, 0.29) is 0 Å². The molecule has 23 heavy (non-hydrogen) atoms. The first-order chi connectivity index (χ1) is 11.1. The molecule has 1 aliphatic heterocycles. The van der Waals surface area contributed by atoms with Crippen LogP contribution in [0, 0.1) is 0 Å². The van der Waals surface area contributed by atoms with Crippen LogP contribution in [0.15, 0.2) is 29.8 Å². The fraction of sp³-hybridized carbons (Fsp3) is 0.600. The van der Waals surface area contributed by atoms with Crippen molar-refractivity contribution in [3.8, 4) is 5.75 Å². The zero-order chi connectivity index (χ0) is 16.7. The van der Waals surface area contributed by atoms with E-state index in [4.69, 9.17) is 4.74 Å². The van der Waals surface area contributed by atoms with Gasteiger partial charge in [0.25, 0.3) is 0 Å². The summed E-state index contributed by atoms with van der Waals surface area (Å²) < 4.78 is 5.94. The average molecular weight is 316 g/mol. The standard InChI is InChI=1S/C20H32N2O/c1-17(2)11-14-22-13-7-8-18-16-19(9-10-20(18)22)23-15-6-5-12-21(3)4/h9-11,16H,5-8,12-15H2,1-4H3. The van der Waals surface area contributed by atoms with Crippen LogP contribution in [-0.4, -0.2) is 45.2 Å². The van der Waals surface area contributed by atoms with Crippen molar-refractivity contribution in [1.82, 2.24) is 4.90 Å². The van der Waals surface area contributed by atoms with Gasteiger partial charge in [-0.15, -0.1) is 0 Å². The SMILES string of the molecule is CC(C)=CCN1CCCc2cc(OCCCCN(C)C)ccc21. The molecular formula is C20H32N2O. The van der Waals surface area contributed by atoms with Crippen LogP contribution in [0.3, 0.4) is 0 Å². The number of hydrogen-bond donors (Lipinski definition) is 0. The summed E-state index contributed by atoms with van der Waals surface area (Å²) in [6.07, 6.45) is 7.01. The second kappa shape index (κ2) is 8.97. The lowest BCUT2D eigenvalue weighted by atomic mass is 10.0. The minimum Gasteiger partial charge on any atom is -0.494 e. The van der Waals surface area contributed by atoms with Crippen molar-refractivity contribution >= 4 is 5.69 Å². The zero-order valence-corrected chi connectivity index (χ0v) is 15.3. The van der Waals surface area contributed by atoms with Gasteiger partial charge in [-0.05, 0) is 83.9 Å². The molecule has 1 heterocycles. The lowest BCUT2D eigenvalue weighted by molar-refractivity contribution is 0.293. The van der Waals surface area contributed by atoms with Crippen LogP contribution < -0.4 is 9.64 Å². The normalized spacial score (nSPS) is 13.9. The van der Waals surface area contributed by atoms with Gasteiger partial charge in [-0.3, -0.25) is 0 Å². The number of nitrogens with zero attached hydrogens (tertiary/aromatic N) is 2. The van der Waals surface area contributed by atoms with E-state index in [9.17, 15) is 0 Å². The molecule has 2 rings (SSSR count). The van der Waals surface area contributed by atoms with E-state index >= 15 is 0 Å². The summed E-state index contributed by atoms with van der Waals surface area (Å²) in [5, 5.41) is 0. The van der Waals surface area contributed by atoms with E-state index in [2.05, 4.69) is 62.0 Å². The third kappa shape index (κ3) is 5.91. The maximum absolute atomic E-state index is 5.94. The van der Waals surface area contributed by atoms with E-state index in [1.54, 1.807) is 0 Å². The van der Waals surface area contributed by atoms with Gasteiger partial charge >= 0.3 is 0 Å². The molecule has 1 aromatic carbocycles. The molecule has 0 unspecified atom stereocenters. The smallest absolute Gasteiger partial charge is 0.119 e. The Morgan fingerprint density at radius 2 is 2.09 bits per heavy atom. The highest BCUT2D eigenvalue weighted by Crippen LogP contribution is 2.30. The fourth-order valence-electron chi connectivity index (χ4n) is 2.94. The van der Waals surface area contributed by atoms with Gasteiger partial charge in [0, 0.05) is 18.8 Å². The Morgan fingerprint density at radius 3 is 2.83 bits per heavy atom. The molecule has 1 aromatic rings. The van der Waals surface area contributed by atoms with Gasteiger partial charge in [0.2, 0.25) is 0 Å². The molecule has 0 aromatic heterocycles. The van der Waals surface area contributed by atoms with Crippen LogP contribution in [-0.2, 0) is 6.42 Å². The predicted molar refractivity (Wildman–Crippen MR) is 99.7 cm³/mol. The summed E-state index contributed by atoms with van der Waals surface area (Å²) in [6, 6.07) is 6.62. The maximum Gasteiger partial charge on any atom is 0.119 e. The van der Waals surface area contributed by atoms with E-state index in [0.717, 1.165) is 38.4 Å². The Bertz CT molecular complexity index is 518. The van der Waals surface area contributed by atoms with Gasteiger partial charge < -0.3 is 14.5 Å². The minimum absolute atomic E-state index is 0.814. The number of benzene rings is 1. The number of hydrogen-bond acceptors (Lipinski definition) is 3. The summed E-state index contributed by atoms with van der Waals surface area (Å²) in [6.45, 7) is 8.44. The van der Waals surface area contributed by atoms with E-state index in [1.807, 2.05) is 0 Å². The van der Waals surface area contributed by atoms with Crippen LogP contribution in [0.5, 0.6) is 5.75 Å². The largest absolute Gasteiger partial charge is 0.494 e. The summed E-state index contributed by atoms with van der Waals surface area (Å²) in [7, 11) is 4.23. The molecule has 0 aliphatic carbocycles. The van der Waals surface area contributed by atoms with Crippen molar-refractivity contribution in [2.45, 2.75) is 39.5 Å². The number of allylic oxidation sites excluding steroid dienone is 1. The van der Waals surface area contributed by atoms with Crippen LogP contribution in [0.4, 0.5) is 5.69 Å². The molecule has 0 amide bonds. The fourth-order valence-corrected chi connectivity index (χ4v) is 2.94. The summed E-state index contributed by atoms with van der Waals surface area (Å²) in [5.41, 5.74) is 4.20. The number of rotatable bonds is 8. The first-order valence-corrected chi connectivity index (χ1v) is 8.85. The molecule has 0 saturated heterocycles. The maximum atomic E-state index is 5.94. The molecule has 0 N–H and O–H groups in total. The Kier molecular flexibility index (Phi) is 6.97. The highest BCUT2D eigenvalue weighted by molar-refractivity contribution is 5.58. The van der Waals surface area contributed by atoms with Crippen molar-refractivity contribution in [1.29, 1.82) is 0 Å². The van der Waals surface area contributed by atoms with Crippen LogP contribution in [0.25, 0.3) is 0 Å². The molecule has 0 fully saturated rings. The van der Waals surface area contributed by atoms with E-state index in [0.29, 0.717) is 0 Å². The number of anilines is 1. The Balaban J connectivity index is 1.89. The third-order valence-electron chi connectivity index (χ3n) is 4.25. The second-order valence-corrected chi connectivity index (χ2v) is 6.98. The van der Waals surface area contributed by atoms with Crippen molar-refractivity contribution in [2.75, 3.05) is 45.2 Å². The Hall–Kier alpha value is -1.48. The summed E-state index contributed by atoms with van der Waals surface area (Å²) >= 11 is 0. The molecule has 0 bridgehead atoms. The molecule has 0 saturated carbocycles. The molecule has 0 radical (unpaired) electrons. The van der Waals surface area contributed by atoms with Gasteiger partial charge in [0.1, 0.15) is 5.75 Å². The molecule has 3 nitrogen and oxygen atoms in total. The van der Waals surface area contributed by atoms with Crippen LogP contribution in [0.1, 0.15) is 38.7 Å². The lowest BCUT2D eigenvalue weighted by Crippen LogP contribution is -2.29. The van der Waals surface area contributed by atoms with Crippen molar-refractivity contribution < 1.29 is 4.74 Å². The molecule has 1 aliphatic rings. The zero-order valence-electron chi connectivity index (χ0n) is 15.3. The second-order valence-electron chi connectivity index (χ2n) is 6.98. The lowest BCUT2D eigenvalue weighted by Gasteiger charge is -2.31. The Morgan fingerprint density at radius 1 is 1.26 bits per heavy atom. The van der Waals surface area contributed by atoms with Gasteiger partial charge in [-0.2, -0.15) is 0 Å². The van der Waals surface area contributed by atoms with Gasteiger partial charge in [-0.1, -0.05) is 11.6 Å². The molecular weight excluding hydrogens is 284 g/mol. The van der Waals surface area contributed by atoms with Crippen molar-refractivity contribution in [2.24, 2.45) is 0 Å². The van der Waals surface area contributed by atoms with Crippen molar-refractivity contribution in [3.63, 3.8) is 0 Å². The highest BCUT2D eigenvalue weighted by Gasteiger charge is 2.16. The topological polar surface area (TPSA) is 15.7 Å². The molecule has 3 heteroatoms. The molecule has 0 atom stereocenters. The first kappa shape index (κ1) is 17.9. The number of unbranched alkanes of at least 4 members (excludes halogenated alkanes) is 1. The monoisotopic (exact) mass is 316 g/mol. The minimum atomic E-state index is 0.814. The van der Waals surface area contributed by atoms with E-state index < -0.39 is 0 Å². The summed E-state index contributed by atoms with van der Waals surface area (Å²) in [4.78, 5) is 4.70. The predicted octanol–water partition coefficient (Wildman–Crippen LogP) is 4.13. The molecule has 0 spiro atoms. The number of fused-ring (bicyclic) bond motifs is 1. The summed E-state index contributed by atoms with van der Waals surface area (Å²) in [5.74, 6) is 1.03. The number of aryl methyl sites for hydroxylation is 1. The van der Waals surface area contributed by atoms with Gasteiger partial charge in [0.15, 0.2) is 0 Å². The quantitative estimate of drug-likeness (QED) is 0.530. The number of ether oxygens (including phenoxy) is 1. The Labute approximate surface area is 141 Å². The first-order valence-electron chi connectivity index (χ1n) is 8.85. The van der Waals surface area contributed by atoms with Crippen molar-refractivity contribution in [3.05, 3.63) is 35.4 Å². The highest BCUT2D eigenvalue weighted by atomic mass is 16.5.